The van der Waals surface area contributed by atoms with Crippen molar-refractivity contribution in [3.63, 3.8) is 0 Å². The van der Waals surface area contributed by atoms with Gasteiger partial charge in [0.25, 0.3) is 0 Å². The van der Waals surface area contributed by atoms with Gasteiger partial charge in [-0.1, -0.05) is 6.92 Å². The predicted octanol–water partition coefficient (Wildman–Crippen LogP) is 1.86. The van der Waals surface area contributed by atoms with Crippen LogP contribution in [0.2, 0.25) is 0 Å². The second-order valence-electron chi connectivity index (χ2n) is 5.60. The van der Waals surface area contributed by atoms with Crippen molar-refractivity contribution < 1.29 is 19.0 Å². The summed E-state index contributed by atoms with van der Waals surface area (Å²) < 4.78 is 15.5. The van der Waals surface area contributed by atoms with Gasteiger partial charge < -0.3 is 25.3 Å². The smallest absolute Gasteiger partial charge is 0.354 e. The van der Waals surface area contributed by atoms with Gasteiger partial charge >= 0.3 is 5.97 Å². The summed E-state index contributed by atoms with van der Waals surface area (Å²) in [7, 11) is 3.30. The molecule has 0 spiro atoms. The summed E-state index contributed by atoms with van der Waals surface area (Å²) in [5.41, 5.74) is 8.13. The highest BCUT2D eigenvalue weighted by atomic mass is 16.6. The fraction of sp³-hybridized carbons (Fsp3) is 0.706. The molecule has 0 radical (unpaired) electrons. The molecular weight excluding hydrogens is 296 g/mol. The van der Waals surface area contributed by atoms with Crippen molar-refractivity contribution in [3.8, 4) is 0 Å². The number of methoxy groups -OCH3 is 2. The first-order valence-corrected chi connectivity index (χ1v) is 8.24. The number of nitrogens with one attached hydrogen (secondary N) is 1. The van der Waals surface area contributed by atoms with Gasteiger partial charge in [-0.2, -0.15) is 0 Å². The number of hydrogen-bond donors (Lipinski definition) is 2. The van der Waals surface area contributed by atoms with Crippen LogP contribution in [0.5, 0.6) is 0 Å². The number of esters is 1. The Morgan fingerprint density at radius 1 is 1.39 bits per heavy atom. The molecule has 0 aromatic carbocycles. The molecule has 6 nitrogen and oxygen atoms in total. The SMILES string of the molecule is CCC(COC(=O)/C(N)=C1\C=C(NCCCOC)CCC1)OC. The second-order valence-corrected chi connectivity index (χ2v) is 5.60. The number of nitrogens with two attached hydrogens (primary N) is 1. The van der Waals surface area contributed by atoms with Crippen LogP contribution in [0, 0.1) is 0 Å². The highest BCUT2D eigenvalue weighted by molar-refractivity contribution is 5.89. The second kappa shape index (κ2) is 11.1. The lowest BCUT2D eigenvalue weighted by Gasteiger charge is -2.19. The van der Waals surface area contributed by atoms with Crippen LogP contribution < -0.4 is 11.1 Å². The standard InChI is InChI=1S/C17H30N2O4/c1-4-15(22-3)12-23-17(20)16(18)13-7-5-8-14(11-13)19-9-6-10-21-2/h11,15,19H,4-10,12,18H2,1-3H3/b16-13+. The Balaban J connectivity index is 2.58. The van der Waals surface area contributed by atoms with E-state index in [4.69, 9.17) is 19.9 Å². The number of ether oxygens (including phenoxy) is 3. The summed E-state index contributed by atoms with van der Waals surface area (Å²) in [5.74, 6) is -0.465. The molecule has 23 heavy (non-hydrogen) atoms. The molecule has 0 heterocycles. The highest BCUT2D eigenvalue weighted by Crippen LogP contribution is 2.22. The van der Waals surface area contributed by atoms with E-state index >= 15 is 0 Å². The monoisotopic (exact) mass is 326 g/mol. The Hall–Kier alpha value is -1.53. The molecule has 132 valence electrons. The van der Waals surface area contributed by atoms with Crippen molar-refractivity contribution in [3.05, 3.63) is 23.0 Å². The molecule has 0 fully saturated rings. The molecule has 0 amide bonds. The van der Waals surface area contributed by atoms with Crippen LogP contribution in [0.15, 0.2) is 23.0 Å². The van der Waals surface area contributed by atoms with E-state index < -0.39 is 5.97 Å². The average molecular weight is 326 g/mol. The van der Waals surface area contributed by atoms with E-state index in [0.29, 0.717) is 0 Å². The molecule has 1 unspecified atom stereocenters. The Morgan fingerprint density at radius 3 is 2.83 bits per heavy atom. The van der Waals surface area contributed by atoms with Crippen molar-refractivity contribution in [2.24, 2.45) is 5.73 Å². The van der Waals surface area contributed by atoms with Gasteiger partial charge in [0.05, 0.1) is 6.10 Å². The summed E-state index contributed by atoms with van der Waals surface area (Å²) in [5, 5.41) is 3.37. The number of carbonyl (C=O) groups excluding carboxylic acids is 1. The third kappa shape index (κ3) is 7.05. The lowest BCUT2D eigenvalue weighted by Crippen LogP contribution is -2.25. The van der Waals surface area contributed by atoms with Crippen LogP contribution in [-0.2, 0) is 19.0 Å². The van der Waals surface area contributed by atoms with Gasteiger partial charge in [-0.3, -0.25) is 0 Å². The maximum Gasteiger partial charge on any atom is 0.354 e. The molecule has 0 aromatic heterocycles. The molecule has 0 saturated heterocycles. The zero-order valence-electron chi connectivity index (χ0n) is 14.5. The van der Waals surface area contributed by atoms with Crippen LogP contribution in [0.3, 0.4) is 0 Å². The van der Waals surface area contributed by atoms with E-state index in [1.165, 1.54) is 0 Å². The molecule has 0 aromatic rings. The van der Waals surface area contributed by atoms with Crippen LogP contribution in [-0.4, -0.2) is 46.1 Å². The Morgan fingerprint density at radius 2 is 2.17 bits per heavy atom. The van der Waals surface area contributed by atoms with Crippen LogP contribution in [0.25, 0.3) is 0 Å². The van der Waals surface area contributed by atoms with Crippen molar-refractivity contribution in [2.75, 3.05) is 34.0 Å². The lowest BCUT2D eigenvalue weighted by atomic mass is 9.97. The van der Waals surface area contributed by atoms with Gasteiger partial charge in [0.2, 0.25) is 0 Å². The highest BCUT2D eigenvalue weighted by Gasteiger charge is 2.17. The van der Waals surface area contributed by atoms with Crippen LogP contribution in [0.4, 0.5) is 0 Å². The minimum Gasteiger partial charge on any atom is -0.458 e. The topological polar surface area (TPSA) is 82.8 Å². The fourth-order valence-corrected chi connectivity index (χ4v) is 2.37. The quantitative estimate of drug-likeness (QED) is 0.362. The van der Waals surface area contributed by atoms with Crippen LogP contribution >= 0.6 is 0 Å². The van der Waals surface area contributed by atoms with Crippen molar-refractivity contribution >= 4 is 5.97 Å². The van der Waals surface area contributed by atoms with E-state index in [-0.39, 0.29) is 18.4 Å². The molecule has 1 aliphatic carbocycles. The Bertz CT molecular complexity index is 428. The summed E-state index contributed by atoms with van der Waals surface area (Å²) >= 11 is 0. The minimum absolute atomic E-state index is 0.0864. The van der Waals surface area contributed by atoms with Gasteiger partial charge in [0, 0.05) is 33.1 Å². The third-order valence-corrected chi connectivity index (χ3v) is 3.87. The number of allylic oxidation sites excluding steroid dienone is 3. The van der Waals surface area contributed by atoms with Crippen LogP contribution in [0.1, 0.15) is 39.0 Å². The first-order chi connectivity index (χ1) is 11.1. The predicted molar refractivity (Wildman–Crippen MR) is 89.7 cm³/mol. The van der Waals surface area contributed by atoms with Gasteiger partial charge in [-0.15, -0.1) is 0 Å². The van der Waals surface area contributed by atoms with Crippen molar-refractivity contribution in [1.29, 1.82) is 0 Å². The van der Waals surface area contributed by atoms with E-state index in [1.54, 1.807) is 14.2 Å². The zero-order chi connectivity index (χ0) is 17.1. The van der Waals surface area contributed by atoms with Crippen molar-refractivity contribution in [2.45, 2.75) is 45.1 Å². The van der Waals surface area contributed by atoms with Gasteiger partial charge in [-0.25, -0.2) is 4.79 Å². The third-order valence-electron chi connectivity index (χ3n) is 3.87. The summed E-state index contributed by atoms with van der Waals surface area (Å²) in [6.07, 6.45) is 6.36. The largest absolute Gasteiger partial charge is 0.458 e. The molecule has 0 bridgehead atoms. The lowest BCUT2D eigenvalue weighted by molar-refractivity contribution is -0.142. The van der Waals surface area contributed by atoms with E-state index in [2.05, 4.69) is 5.32 Å². The first-order valence-electron chi connectivity index (χ1n) is 8.24. The molecule has 0 aliphatic heterocycles. The fourth-order valence-electron chi connectivity index (χ4n) is 2.37. The minimum atomic E-state index is -0.465. The molecule has 3 N–H and O–H groups in total. The van der Waals surface area contributed by atoms with Gasteiger partial charge in [-0.05, 0) is 43.8 Å². The number of carbonyl (C=O) groups is 1. The molecule has 1 atom stereocenters. The average Bonchev–Trinajstić information content (AvgIpc) is 2.59. The summed E-state index contributed by atoms with van der Waals surface area (Å²) in [4.78, 5) is 12.1. The molecule has 0 saturated carbocycles. The Labute approximate surface area is 139 Å². The van der Waals surface area contributed by atoms with E-state index in [1.807, 2.05) is 13.0 Å². The molecule has 1 rings (SSSR count). The zero-order valence-corrected chi connectivity index (χ0v) is 14.5. The maximum absolute atomic E-state index is 12.1. The molecule has 6 heteroatoms. The molecule has 1 aliphatic rings. The number of rotatable bonds is 10. The number of hydrogen-bond acceptors (Lipinski definition) is 6. The van der Waals surface area contributed by atoms with Gasteiger partial charge in [0.15, 0.2) is 0 Å². The van der Waals surface area contributed by atoms with Gasteiger partial charge in [0.1, 0.15) is 12.3 Å². The maximum atomic E-state index is 12.1. The van der Waals surface area contributed by atoms with E-state index in [9.17, 15) is 4.79 Å². The Kier molecular flexibility index (Phi) is 9.40. The first kappa shape index (κ1) is 19.5. The van der Waals surface area contributed by atoms with E-state index in [0.717, 1.165) is 56.5 Å². The van der Waals surface area contributed by atoms with Crippen molar-refractivity contribution in [1.82, 2.24) is 5.32 Å². The molecular formula is C17H30N2O4. The summed E-state index contributed by atoms with van der Waals surface area (Å²) in [6, 6.07) is 0. The normalized spacial score (nSPS) is 18.1. The summed E-state index contributed by atoms with van der Waals surface area (Å²) in [6.45, 7) is 3.79.